The third kappa shape index (κ3) is 3.96. The molecule has 0 spiro atoms. The second kappa shape index (κ2) is 7.74. The van der Waals surface area contributed by atoms with Crippen molar-refractivity contribution in [1.29, 1.82) is 0 Å². The highest BCUT2D eigenvalue weighted by atomic mass is 19.1. The molecule has 0 saturated heterocycles. The van der Waals surface area contributed by atoms with E-state index in [9.17, 15) is 32.3 Å². The van der Waals surface area contributed by atoms with Crippen LogP contribution in [0.3, 0.4) is 0 Å². The number of nitrogens with zero attached hydrogens (tertiary/aromatic N) is 2. The third-order valence-corrected chi connectivity index (χ3v) is 4.07. The Morgan fingerprint density at radius 3 is 2.38 bits per heavy atom. The summed E-state index contributed by atoms with van der Waals surface area (Å²) in [5, 5.41) is 9.92. The minimum Gasteiger partial charge on any atom is -0.501 e. The molecule has 0 atom stereocenters. The maximum atomic E-state index is 14.0. The molecule has 2 aromatic carbocycles. The van der Waals surface area contributed by atoms with Crippen LogP contribution in [0.5, 0.6) is 5.75 Å². The van der Waals surface area contributed by atoms with E-state index in [1.807, 2.05) is 4.98 Å². The molecule has 2 N–H and O–H groups in total. The predicted octanol–water partition coefficient (Wildman–Crippen LogP) is 2.97. The van der Waals surface area contributed by atoms with Crippen LogP contribution in [0, 0.1) is 23.3 Å². The summed E-state index contributed by atoms with van der Waals surface area (Å²) >= 11 is 0. The molecule has 1 amide bonds. The van der Waals surface area contributed by atoms with Gasteiger partial charge in [0.05, 0.1) is 5.56 Å². The van der Waals surface area contributed by atoms with Crippen molar-refractivity contribution in [3.05, 3.63) is 81.3 Å². The van der Waals surface area contributed by atoms with Gasteiger partial charge in [-0.1, -0.05) is 12.1 Å². The van der Waals surface area contributed by atoms with Crippen LogP contribution in [0.15, 0.2) is 41.2 Å². The van der Waals surface area contributed by atoms with E-state index in [1.54, 1.807) is 0 Å². The monoisotopic (exact) mass is 407 g/mol. The van der Waals surface area contributed by atoms with Gasteiger partial charge >= 0.3 is 0 Å². The van der Waals surface area contributed by atoms with Crippen LogP contribution in [-0.2, 0) is 6.54 Å². The van der Waals surface area contributed by atoms with Gasteiger partial charge in [0.2, 0.25) is 5.75 Å². The standard InChI is InChI=1S/C19H13F4N3O3/c1-26(8-9-5-6-10(20)7-13(9)23)19(29)15-16(27)18(28)25-17(24-15)14-11(21)3-2-4-12(14)22/h2-7,27H,8H2,1H3,(H,24,25,28). The van der Waals surface area contributed by atoms with Gasteiger partial charge in [0.1, 0.15) is 29.1 Å². The Morgan fingerprint density at radius 2 is 1.76 bits per heavy atom. The molecule has 29 heavy (non-hydrogen) atoms. The van der Waals surface area contributed by atoms with Gasteiger partial charge < -0.3 is 15.0 Å². The first kappa shape index (κ1) is 20.1. The van der Waals surface area contributed by atoms with Gasteiger partial charge in [0.25, 0.3) is 11.5 Å². The van der Waals surface area contributed by atoms with Gasteiger partial charge in [0.15, 0.2) is 5.69 Å². The quantitative estimate of drug-likeness (QED) is 0.651. The van der Waals surface area contributed by atoms with Gasteiger partial charge in [-0.15, -0.1) is 0 Å². The van der Waals surface area contributed by atoms with Crippen LogP contribution in [0.25, 0.3) is 11.4 Å². The number of aromatic nitrogens is 2. The van der Waals surface area contributed by atoms with E-state index in [0.29, 0.717) is 6.07 Å². The van der Waals surface area contributed by atoms with Gasteiger partial charge in [-0.25, -0.2) is 22.5 Å². The molecule has 0 aliphatic heterocycles. The third-order valence-electron chi connectivity index (χ3n) is 4.07. The van der Waals surface area contributed by atoms with E-state index in [1.165, 1.54) is 7.05 Å². The van der Waals surface area contributed by atoms with Gasteiger partial charge in [-0.3, -0.25) is 9.59 Å². The van der Waals surface area contributed by atoms with Crippen LogP contribution >= 0.6 is 0 Å². The van der Waals surface area contributed by atoms with Crippen molar-refractivity contribution in [2.75, 3.05) is 7.05 Å². The first-order valence-corrected chi connectivity index (χ1v) is 8.16. The summed E-state index contributed by atoms with van der Waals surface area (Å²) in [5.74, 6) is -6.48. The Morgan fingerprint density at radius 1 is 1.10 bits per heavy atom. The molecular weight excluding hydrogens is 394 g/mol. The number of amides is 1. The van der Waals surface area contributed by atoms with Crippen LogP contribution in [-0.4, -0.2) is 32.9 Å². The highest BCUT2D eigenvalue weighted by Crippen LogP contribution is 2.24. The van der Waals surface area contributed by atoms with Gasteiger partial charge in [-0.2, -0.15) is 0 Å². The summed E-state index contributed by atoms with van der Waals surface area (Å²) in [7, 11) is 1.22. The fraction of sp³-hybridized carbons (Fsp3) is 0.105. The number of aromatic hydroxyl groups is 1. The average Bonchev–Trinajstić information content (AvgIpc) is 2.65. The second-order valence-electron chi connectivity index (χ2n) is 6.11. The number of benzene rings is 2. The van der Waals surface area contributed by atoms with E-state index in [2.05, 4.69) is 4.98 Å². The molecule has 0 aliphatic rings. The average molecular weight is 407 g/mol. The largest absolute Gasteiger partial charge is 0.501 e. The first-order valence-electron chi connectivity index (χ1n) is 8.16. The number of nitrogens with one attached hydrogen (secondary N) is 1. The number of hydrogen-bond acceptors (Lipinski definition) is 4. The minimum atomic E-state index is -1.19. The highest BCUT2D eigenvalue weighted by molar-refractivity contribution is 5.95. The molecule has 3 rings (SSSR count). The van der Waals surface area contributed by atoms with Crippen molar-refractivity contribution in [3.63, 3.8) is 0 Å². The summed E-state index contributed by atoms with van der Waals surface area (Å²) in [4.78, 5) is 31.2. The number of H-pyrrole nitrogens is 1. The number of carbonyl (C=O) groups is 1. The second-order valence-corrected chi connectivity index (χ2v) is 6.11. The molecule has 3 aromatic rings. The van der Waals surface area contributed by atoms with E-state index in [0.717, 1.165) is 35.2 Å². The van der Waals surface area contributed by atoms with Crippen LogP contribution in [0.4, 0.5) is 17.6 Å². The van der Waals surface area contributed by atoms with Crippen LogP contribution in [0.2, 0.25) is 0 Å². The lowest BCUT2D eigenvalue weighted by Crippen LogP contribution is -2.29. The summed E-state index contributed by atoms with van der Waals surface area (Å²) in [6.07, 6.45) is 0. The number of hydrogen-bond donors (Lipinski definition) is 2. The Balaban J connectivity index is 2.00. The van der Waals surface area contributed by atoms with Crippen molar-refractivity contribution >= 4 is 5.91 Å². The Bertz CT molecular complexity index is 1140. The Hall–Kier alpha value is -3.69. The molecule has 0 bridgehead atoms. The van der Waals surface area contributed by atoms with E-state index < -0.39 is 57.6 Å². The molecule has 6 nitrogen and oxygen atoms in total. The number of halogens is 4. The molecule has 1 aromatic heterocycles. The van der Waals surface area contributed by atoms with Crippen molar-refractivity contribution in [3.8, 4) is 17.1 Å². The lowest BCUT2D eigenvalue weighted by atomic mass is 10.1. The van der Waals surface area contributed by atoms with Gasteiger partial charge in [-0.05, 0) is 18.2 Å². The zero-order valence-corrected chi connectivity index (χ0v) is 14.8. The summed E-state index contributed by atoms with van der Waals surface area (Å²) < 4.78 is 54.8. The predicted molar refractivity (Wildman–Crippen MR) is 94.0 cm³/mol. The minimum absolute atomic E-state index is 0.0352. The molecule has 0 unspecified atom stereocenters. The first-order chi connectivity index (χ1) is 13.7. The Labute approximate surface area is 161 Å². The van der Waals surface area contributed by atoms with E-state index in [-0.39, 0.29) is 12.1 Å². The molecule has 1 heterocycles. The molecule has 0 saturated carbocycles. The molecule has 10 heteroatoms. The van der Waals surface area contributed by atoms with Crippen molar-refractivity contribution < 1.29 is 27.5 Å². The van der Waals surface area contributed by atoms with E-state index in [4.69, 9.17) is 0 Å². The molecule has 0 aliphatic carbocycles. The van der Waals surface area contributed by atoms with Crippen molar-refractivity contribution in [2.45, 2.75) is 6.54 Å². The fourth-order valence-corrected chi connectivity index (χ4v) is 2.62. The summed E-state index contributed by atoms with van der Waals surface area (Å²) in [6.45, 7) is -0.345. The van der Waals surface area contributed by atoms with Gasteiger partial charge in [0, 0.05) is 25.2 Å². The van der Waals surface area contributed by atoms with Crippen molar-refractivity contribution in [1.82, 2.24) is 14.9 Å². The number of rotatable bonds is 4. The number of carbonyl (C=O) groups excluding carboxylic acids is 1. The molecule has 0 fully saturated rings. The normalized spacial score (nSPS) is 10.8. The fourth-order valence-electron chi connectivity index (χ4n) is 2.62. The van der Waals surface area contributed by atoms with Crippen LogP contribution in [0.1, 0.15) is 16.1 Å². The molecule has 150 valence electrons. The SMILES string of the molecule is CN(Cc1ccc(F)cc1F)C(=O)c1nc(-c2c(F)cccc2F)[nH]c(=O)c1O. The highest BCUT2D eigenvalue weighted by Gasteiger charge is 2.24. The lowest BCUT2D eigenvalue weighted by Gasteiger charge is -2.18. The maximum absolute atomic E-state index is 14.0. The van der Waals surface area contributed by atoms with Crippen LogP contribution < -0.4 is 5.56 Å². The molecule has 0 radical (unpaired) electrons. The Kier molecular flexibility index (Phi) is 5.35. The zero-order valence-electron chi connectivity index (χ0n) is 14.8. The summed E-state index contributed by atoms with van der Waals surface area (Å²) in [6, 6.07) is 5.71. The molecular formula is C19H13F4N3O3. The lowest BCUT2D eigenvalue weighted by molar-refractivity contribution is 0.0774. The topological polar surface area (TPSA) is 86.3 Å². The van der Waals surface area contributed by atoms with Crippen molar-refractivity contribution in [2.24, 2.45) is 0 Å². The zero-order chi connectivity index (χ0) is 21.3. The number of aromatic amines is 1. The maximum Gasteiger partial charge on any atom is 0.294 e. The van der Waals surface area contributed by atoms with E-state index >= 15 is 0 Å². The summed E-state index contributed by atoms with van der Waals surface area (Å²) in [5.41, 5.74) is -2.70. The smallest absolute Gasteiger partial charge is 0.294 e.